The Morgan fingerprint density at radius 3 is 2.72 bits per heavy atom. The lowest BCUT2D eigenvalue weighted by Crippen LogP contribution is -2.65. The normalized spacial score (nSPS) is 44.2. The van der Waals surface area contributed by atoms with Crippen molar-refractivity contribution in [3.8, 4) is 0 Å². The molecular formula is C14H24BNO2. The summed E-state index contributed by atoms with van der Waals surface area (Å²) in [5.41, 5.74) is 1.30. The molecule has 3 aliphatic carbocycles. The zero-order valence-electron chi connectivity index (χ0n) is 12.0. The number of nitrogens with one attached hydrogen (secondary N) is 1. The van der Waals surface area contributed by atoms with Crippen molar-refractivity contribution in [1.29, 1.82) is 0 Å². The van der Waals surface area contributed by atoms with Gasteiger partial charge in [-0.05, 0) is 49.6 Å². The second kappa shape index (κ2) is 3.77. The van der Waals surface area contributed by atoms with Gasteiger partial charge in [0.1, 0.15) is 0 Å². The van der Waals surface area contributed by atoms with E-state index in [0.717, 1.165) is 18.0 Å². The fourth-order valence-corrected chi connectivity index (χ4v) is 4.30. The van der Waals surface area contributed by atoms with E-state index in [1.165, 1.54) is 6.42 Å². The maximum absolute atomic E-state index is 6.26. The van der Waals surface area contributed by atoms with E-state index < -0.39 is 0 Å². The van der Waals surface area contributed by atoms with E-state index in [1.54, 1.807) is 0 Å². The van der Waals surface area contributed by atoms with Crippen molar-refractivity contribution < 1.29 is 9.31 Å². The lowest BCUT2D eigenvalue weighted by molar-refractivity contribution is -0.199. The Bertz CT molecular complexity index is 384. The molecule has 0 radical (unpaired) electrons. The summed E-state index contributed by atoms with van der Waals surface area (Å²) in [7, 11) is -0.119. The first kappa shape index (κ1) is 12.6. The van der Waals surface area contributed by atoms with Crippen molar-refractivity contribution >= 4 is 7.12 Å². The fraction of sp³-hybridized carbons (Fsp3) is 0.857. The quantitative estimate of drug-likeness (QED) is 0.779. The van der Waals surface area contributed by atoms with Crippen LogP contribution in [0.4, 0.5) is 0 Å². The standard InChI is InChI=1S/C14H24BNO2/c1-9(2)16-8-15-17-12-7-10-6-11(13(10,3)4)14(12,5)18-15/h10-12,16H,1,6-8H2,2-5H3/t10-,11-,12+,14-/m0/s1. The second-order valence-electron chi connectivity index (χ2n) is 7.06. The summed E-state index contributed by atoms with van der Waals surface area (Å²) in [5.74, 6) is 1.46. The molecule has 1 aliphatic heterocycles. The van der Waals surface area contributed by atoms with Gasteiger partial charge in [0, 0.05) is 6.44 Å². The highest BCUT2D eigenvalue weighted by Crippen LogP contribution is 2.65. The van der Waals surface area contributed by atoms with Crippen LogP contribution in [0.3, 0.4) is 0 Å². The Labute approximate surface area is 110 Å². The van der Waals surface area contributed by atoms with Gasteiger partial charge in [-0.3, -0.25) is 0 Å². The van der Waals surface area contributed by atoms with Crippen LogP contribution in [-0.4, -0.2) is 25.3 Å². The molecule has 4 heteroatoms. The van der Waals surface area contributed by atoms with Crippen LogP contribution in [0.2, 0.25) is 0 Å². The van der Waals surface area contributed by atoms with Crippen LogP contribution in [0.1, 0.15) is 40.5 Å². The van der Waals surface area contributed by atoms with Crippen LogP contribution in [-0.2, 0) is 9.31 Å². The highest BCUT2D eigenvalue weighted by Gasteiger charge is 2.67. The van der Waals surface area contributed by atoms with E-state index in [2.05, 4.69) is 32.7 Å². The highest BCUT2D eigenvalue weighted by molar-refractivity contribution is 6.45. The van der Waals surface area contributed by atoms with Gasteiger partial charge in [0.15, 0.2) is 0 Å². The molecule has 0 unspecified atom stereocenters. The third-order valence-corrected chi connectivity index (χ3v) is 5.57. The Hall–Kier alpha value is -0.475. The van der Waals surface area contributed by atoms with E-state index >= 15 is 0 Å². The van der Waals surface area contributed by atoms with Crippen LogP contribution in [0.15, 0.2) is 12.3 Å². The molecule has 4 atom stereocenters. The van der Waals surface area contributed by atoms with Gasteiger partial charge in [0.25, 0.3) is 0 Å². The van der Waals surface area contributed by atoms with Crippen LogP contribution in [0.25, 0.3) is 0 Å². The van der Waals surface area contributed by atoms with Gasteiger partial charge in [-0.2, -0.15) is 0 Å². The maximum atomic E-state index is 6.26. The number of hydrogen-bond donors (Lipinski definition) is 1. The van der Waals surface area contributed by atoms with Crippen LogP contribution in [0.5, 0.6) is 0 Å². The molecule has 4 aliphatic rings. The van der Waals surface area contributed by atoms with Gasteiger partial charge in [-0.25, -0.2) is 0 Å². The van der Waals surface area contributed by atoms with Crippen molar-refractivity contribution in [2.75, 3.05) is 6.44 Å². The van der Waals surface area contributed by atoms with E-state index in [0.29, 0.717) is 17.8 Å². The summed E-state index contributed by atoms with van der Waals surface area (Å²) in [6, 6.07) is 0. The van der Waals surface area contributed by atoms with Crippen molar-refractivity contribution in [2.45, 2.75) is 52.2 Å². The first-order valence-electron chi connectivity index (χ1n) is 7.06. The summed E-state index contributed by atoms with van der Waals surface area (Å²) in [6.07, 6.45) is 3.46. The molecule has 2 bridgehead atoms. The molecule has 4 rings (SSSR count). The second-order valence-corrected chi connectivity index (χ2v) is 7.06. The summed E-state index contributed by atoms with van der Waals surface area (Å²) in [4.78, 5) is 0. The fourth-order valence-electron chi connectivity index (χ4n) is 4.30. The van der Waals surface area contributed by atoms with E-state index in [4.69, 9.17) is 9.31 Å². The number of hydrogen-bond acceptors (Lipinski definition) is 3. The maximum Gasteiger partial charge on any atom is 0.478 e. The van der Waals surface area contributed by atoms with Crippen molar-refractivity contribution in [3.63, 3.8) is 0 Å². The Morgan fingerprint density at radius 2 is 2.11 bits per heavy atom. The van der Waals surface area contributed by atoms with Gasteiger partial charge < -0.3 is 14.6 Å². The lowest BCUT2D eigenvalue weighted by Gasteiger charge is -2.64. The molecule has 1 saturated heterocycles. The number of rotatable bonds is 3. The molecule has 1 heterocycles. The third kappa shape index (κ3) is 1.58. The average molecular weight is 249 g/mol. The molecule has 0 aromatic heterocycles. The van der Waals surface area contributed by atoms with Crippen LogP contribution < -0.4 is 5.32 Å². The van der Waals surface area contributed by atoms with Crippen molar-refractivity contribution in [3.05, 3.63) is 12.3 Å². The summed E-state index contributed by atoms with van der Waals surface area (Å²) in [5, 5.41) is 3.22. The minimum Gasteiger partial charge on any atom is -0.404 e. The van der Waals surface area contributed by atoms with Gasteiger partial charge in [-0.1, -0.05) is 20.4 Å². The van der Waals surface area contributed by atoms with Crippen molar-refractivity contribution in [2.24, 2.45) is 17.3 Å². The average Bonchev–Trinajstić information content (AvgIpc) is 2.61. The molecule has 4 fully saturated rings. The summed E-state index contributed by atoms with van der Waals surface area (Å²) < 4.78 is 12.4. The smallest absolute Gasteiger partial charge is 0.404 e. The molecule has 1 N–H and O–H groups in total. The Morgan fingerprint density at radius 1 is 1.39 bits per heavy atom. The molecule has 0 amide bonds. The van der Waals surface area contributed by atoms with E-state index in [1.807, 2.05) is 6.92 Å². The van der Waals surface area contributed by atoms with E-state index in [9.17, 15) is 0 Å². The molecule has 18 heavy (non-hydrogen) atoms. The van der Waals surface area contributed by atoms with Gasteiger partial charge in [0.05, 0.1) is 11.7 Å². The highest BCUT2D eigenvalue weighted by atomic mass is 16.7. The SMILES string of the molecule is C=C(C)NCB1O[C@@H]2C[C@@H]3C[C@@H](C3(C)C)[C@]2(C)O1. The molecular weight excluding hydrogens is 225 g/mol. The largest absolute Gasteiger partial charge is 0.478 e. The minimum absolute atomic E-state index is 0.0837. The van der Waals surface area contributed by atoms with Gasteiger partial charge in [-0.15, -0.1) is 0 Å². The predicted octanol–water partition coefficient (Wildman–Crippen LogP) is 2.38. The molecule has 3 saturated carbocycles. The zero-order chi connectivity index (χ0) is 13.1. The Kier molecular flexibility index (Phi) is 2.63. The predicted molar refractivity (Wildman–Crippen MR) is 72.9 cm³/mol. The topological polar surface area (TPSA) is 30.5 Å². The monoisotopic (exact) mass is 249 g/mol. The first-order chi connectivity index (χ1) is 8.34. The first-order valence-corrected chi connectivity index (χ1v) is 7.06. The molecule has 0 aromatic rings. The van der Waals surface area contributed by atoms with E-state index in [-0.39, 0.29) is 18.8 Å². The molecule has 100 valence electrons. The summed E-state index contributed by atoms with van der Waals surface area (Å²) in [6.45, 7) is 12.8. The lowest BCUT2D eigenvalue weighted by atomic mass is 9.43. The molecule has 0 aromatic carbocycles. The van der Waals surface area contributed by atoms with Crippen molar-refractivity contribution in [1.82, 2.24) is 5.32 Å². The minimum atomic E-state index is -0.119. The van der Waals surface area contributed by atoms with Crippen LogP contribution in [0, 0.1) is 17.3 Å². The third-order valence-electron chi connectivity index (χ3n) is 5.57. The van der Waals surface area contributed by atoms with Gasteiger partial charge in [0.2, 0.25) is 0 Å². The summed E-state index contributed by atoms with van der Waals surface area (Å²) >= 11 is 0. The molecule has 3 nitrogen and oxygen atoms in total. The Balaban J connectivity index is 1.71. The van der Waals surface area contributed by atoms with Gasteiger partial charge >= 0.3 is 7.12 Å². The zero-order valence-corrected chi connectivity index (χ0v) is 12.0. The molecule has 0 spiro atoms. The number of allylic oxidation sites excluding steroid dienone is 1. The van der Waals surface area contributed by atoms with Crippen LogP contribution >= 0.6 is 0 Å².